The molecular formula is C16H20N2O3. The molecule has 21 heavy (non-hydrogen) atoms. The number of hydrogen-bond acceptors (Lipinski definition) is 4. The van der Waals surface area contributed by atoms with Gasteiger partial charge in [0.15, 0.2) is 0 Å². The van der Waals surface area contributed by atoms with Crippen molar-refractivity contribution in [3.05, 3.63) is 42.2 Å². The number of hydrogen-bond donors (Lipinski definition) is 1. The lowest BCUT2D eigenvalue weighted by Gasteiger charge is -2.20. The second-order valence-electron chi connectivity index (χ2n) is 5.14. The van der Waals surface area contributed by atoms with Crippen molar-refractivity contribution in [3.63, 3.8) is 0 Å². The molecule has 0 aliphatic carbocycles. The Morgan fingerprint density at radius 2 is 2.10 bits per heavy atom. The Hall–Kier alpha value is -2.14. The predicted molar refractivity (Wildman–Crippen MR) is 80.0 cm³/mol. The minimum absolute atomic E-state index is 0.473. The Kier molecular flexibility index (Phi) is 5.11. The molecule has 0 fully saturated rings. The van der Waals surface area contributed by atoms with Crippen LogP contribution in [-0.4, -0.2) is 40.8 Å². The third-order valence-electron chi connectivity index (χ3n) is 3.58. The molecule has 1 aromatic carbocycles. The first-order valence-electron chi connectivity index (χ1n) is 7.02. The van der Waals surface area contributed by atoms with Crippen LogP contribution in [0.2, 0.25) is 0 Å². The van der Waals surface area contributed by atoms with Gasteiger partial charge in [-0.3, -0.25) is 9.69 Å². The summed E-state index contributed by atoms with van der Waals surface area (Å²) in [6.45, 7) is 2.39. The van der Waals surface area contributed by atoms with Crippen LogP contribution in [0.1, 0.15) is 19.1 Å². The number of aromatic nitrogens is 1. The van der Waals surface area contributed by atoms with Gasteiger partial charge in [0.2, 0.25) is 0 Å². The average molecular weight is 288 g/mol. The molecule has 0 bridgehead atoms. The van der Waals surface area contributed by atoms with Gasteiger partial charge in [-0.25, -0.2) is 0 Å². The molecule has 1 aromatic heterocycles. The van der Waals surface area contributed by atoms with Gasteiger partial charge in [-0.05, 0) is 26.9 Å². The van der Waals surface area contributed by atoms with Gasteiger partial charge in [0.05, 0.1) is 0 Å². The largest absolute Gasteiger partial charge is 0.480 e. The van der Waals surface area contributed by atoms with Crippen LogP contribution in [0.25, 0.3) is 11.3 Å². The molecule has 0 unspecified atom stereocenters. The van der Waals surface area contributed by atoms with Crippen LogP contribution in [-0.2, 0) is 11.2 Å². The van der Waals surface area contributed by atoms with Crippen LogP contribution in [0.3, 0.4) is 0 Å². The van der Waals surface area contributed by atoms with E-state index >= 15 is 0 Å². The lowest BCUT2D eigenvalue weighted by atomic mass is 10.1. The molecule has 0 spiro atoms. The van der Waals surface area contributed by atoms with Gasteiger partial charge in [-0.15, -0.1) is 0 Å². The molecule has 0 aliphatic heterocycles. The fourth-order valence-corrected chi connectivity index (χ4v) is 2.06. The van der Waals surface area contributed by atoms with Crippen LogP contribution in [0.15, 0.2) is 40.9 Å². The maximum absolute atomic E-state index is 10.9. The molecule has 2 aromatic rings. The molecule has 5 heteroatoms. The van der Waals surface area contributed by atoms with Gasteiger partial charge in [0.1, 0.15) is 17.5 Å². The second-order valence-corrected chi connectivity index (χ2v) is 5.14. The number of benzene rings is 1. The number of nitrogens with zero attached hydrogens (tertiary/aromatic N) is 2. The highest BCUT2D eigenvalue weighted by Gasteiger charge is 2.16. The summed E-state index contributed by atoms with van der Waals surface area (Å²) in [5.41, 5.74) is 1.86. The fraction of sp³-hybridized carbons (Fsp3) is 0.375. The van der Waals surface area contributed by atoms with Gasteiger partial charge < -0.3 is 9.63 Å². The number of carbonyl (C=O) groups is 1. The summed E-state index contributed by atoms with van der Waals surface area (Å²) in [7, 11) is 1.81. The maximum atomic E-state index is 10.9. The van der Waals surface area contributed by atoms with E-state index in [1.54, 1.807) is 6.92 Å². The fourth-order valence-electron chi connectivity index (χ4n) is 2.06. The van der Waals surface area contributed by atoms with Crippen molar-refractivity contribution >= 4 is 5.97 Å². The highest BCUT2D eigenvalue weighted by molar-refractivity contribution is 5.72. The number of carboxylic acid groups (broad SMARTS) is 1. The van der Waals surface area contributed by atoms with Crippen molar-refractivity contribution in [2.45, 2.75) is 25.8 Å². The van der Waals surface area contributed by atoms with E-state index in [1.807, 2.05) is 48.3 Å². The van der Waals surface area contributed by atoms with Crippen molar-refractivity contribution < 1.29 is 14.4 Å². The number of rotatable bonds is 7. The van der Waals surface area contributed by atoms with E-state index in [-0.39, 0.29) is 0 Å². The Labute approximate surface area is 124 Å². The molecule has 1 N–H and O–H groups in total. The molecular weight excluding hydrogens is 268 g/mol. The first kappa shape index (κ1) is 15.3. The van der Waals surface area contributed by atoms with E-state index in [9.17, 15) is 4.79 Å². The van der Waals surface area contributed by atoms with Crippen molar-refractivity contribution in [2.24, 2.45) is 0 Å². The van der Waals surface area contributed by atoms with E-state index in [0.717, 1.165) is 29.9 Å². The normalized spacial score (nSPS) is 12.5. The van der Waals surface area contributed by atoms with E-state index < -0.39 is 12.0 Å². The first-order chi connectivity index (χ1) is 10.1. The van der Waals surface area contributed by atoms with Gasteiger partial charge in [-0.2, -0.15) is 0 Å². The van der Waals surface area contributed by atoms with Gasteiger partial charge in [0.25, 0.3) is 0 Å². The third kappa shape index (κ3) is 4.16. The Balaban J connectivity index is 1.85. The molecule has 1 atom stereocenters. The van der Waals surface area contributed by atoms with Gasteiger partial charge in [-0.1, -0.05) is 35.5 Å². The molecule has 0 saturated heterocycles. The van der Waals surface area contributed by atoms with Crippen LogP contribution in [0.4, 0.5) is 0 Å². The van der Waals surface area contributed by atoms with Crippen molar-refractivity contribution in [1.29, 1.82) is 0 Å². The quantitative estimate of drug-likeness (QED) is 0.848. The Bertz CT molecular complexity index is 580. The Morgan fingerprint density at radius 3 is 2.76 bits per heavy atom. The SMILES string of the molecule is C[C@@H](C(=O)O)N(C)CCCc1cc(-c2ccccc2)no1. The van der Waals surface area contributed by atoms with Crippen LogP contribution in [0.5, 0.6) is 0 Å². The van der Waals surface area contributed by atoms with Crippen LogP contribution >= 0.6 is 0 Å². The lowest BCUT2D eigenvalue weighted by Crippen LogP contribution is -2.36. The van der Waals surface area contributed by atoms with E-state index in [4.69, 9.17) is 9.63 Å². The minimum atomic E-state index is -0.802. The lowest BCUT2D eigenvalue weighted by molar-refractivity contribution is -0.142. The summed E-state index contributed by atoms with van der Waals surface area (Å²) >= 11 is 0. The van der Waals surface area contributed by atoms with Crippen molar-refractivity contribution in [3.8, 4) is 11.3 Å². The molecule has 112 valence electrons. The first-order valence-corrected chi connectivity index (χ1v) is 7.02. The van der Waals surface area contributed by atoms with E-state index in [1.165, 1.54) is 0 Å². The average Bonchev–Trinajstić information content (AvgIpc) is 2.96. The van der Waals surface area contributed by atoms with Crippen molar-refractivity contribution in [1.82, 2.24) is 10.1 Å². The van der Waals surface area contributed by atoms with E-state index in [0.29, 0.717) is 6.54 Å². The zero-order valence-electron chi connectivity index (χ0n) is 12.3. The van der Waals surface area contributed by atoms with Crippen LogP contribution < -0.4 is 0 Å². The third-order valence-corrected chi connectivity index (χ3v) is 3.58. The summed E-state index contributed by atoms with van der Waals surface area (Å²) < 4.78 is 5.32. The molecule has 0 radical (unpaired) electrons. The molecule has 0 aliphatic rings. The summed E-state index contributed by atoms with van der Waals surface area (Å²) in [6, 6.07) is 11.3. The van der Waals surface area contributed by atoms with E-state index in [2.05, 4.69) is 5.16 Å². The monoisotopic (exact) mass is 288 g/mol. The number of carboxylic acids is 1. The molecule has 1 heterocycles. The summed E-state index contributed by atoms with van der Waals surface area (Å²) in [5, 5.41) is 13.0. The van der Waals surface area contributed by atoms with Gasteiger partial charge >= 0.3 is 5.97 Å². The smallest absolute Gasteiger partial charge is 0.320 e. The zero-order chi connectivity index (χ0) is 15.2. The molecule has 0 saturated carbocycles. The van der Waals surface area contributed by atoms with Crippen LogP contribution in [0, 0.1) is 0 Å². The number of aryl methyl sites for hydroxylation is 1. The topological polar surface area (TPSA) is 66.6 Å². The summed E-state index contributed by atoms with van der Waals surface area (Å²) in [5.74, 6) is 0.0220. The maximum Gasteiger partial charge on any atom is 0.320 e. The highest BCUT2D eigenvalue weighted by atomic mass is 16.5. The molecule has 5 nitrogen and oxygen atoms in total. The zero-order valence-corrected chi connectivity index (χ0v) is 12.3. The van der Waals surface area contributed by atoms with Crippen molar-refractivity contribution in [2.75, 3.05) is 13.6 Å². The highest BCUT2D eigenvalue weighted by Crippen LogP contribution is 2.19. The molecule has 2 rings (SSSR count). The molecule has 0 amide bonds. The number of aliphatic carboxylic acids is 1. The summed E-state index contributed by atoms with van der Waals surface area (Å²) in [4.78, 5) is 12.7. The Morgan fingerprint density at radius 1 is 1.38 bits per heavy atom. The number of likely N-dealkylation sites (N-methyl/N-ethyl adjacent to an activating group) is 1. The second kappa shape index (κ2) is 7.04. The summed E-state index contributed by atoms with van der Waals surface area (Å²) in [6.07, 6.45) is 1.58. The minimum Gasteiger partial charge on any atom is -0.480 e. The van der Waals surface area contributed by atoms with Gasteiger partial charge in [0, 0.05) is 18.1 Å². The predicted octanol–water partition coefficient (Wildman–Crippen LogP) is 2.68. The standard InChI is InChI=1S/C16H20N2O3/c1-12(16(19)20)18(2)10-6-9-14-11-15(17-21-14)13-7-4-3-5-8-13/h3-5,7-8,11-12H,6,9-10H2,1-2H3,(H,19,20)/t12-/m0/s1.